The van der Waals surface area contributed by atoms with E-state index in [9.17, 15) is 14.4 Å². The summed E-state index contributed by atoms with van der Waals surface area (Å²) >= 11 is 0. The van der Waals surface area contributed by atoms with Gasteiger partial charge in [-0.1, -0.05) is 57.2 Å². The lowest BCUT2D eigenvalue weighted by Gasteiger charge is -2.28. The second kappa shape index (κ2) is 8.93. The zero-order valence-electron chi connectivity index (χ0n) is 17.9. The van der Waals surface area contributed by atoms with E-state index < -0.39 is 6.04 Å². The van der Waals surface area contributed by atoms with Crippen molar-refractivity contribution >= 4 is 17.7 Å². The second-order valence-electron chi connectivity index (χ2n) is 8.67. The van der Waals surface area contributed by atoms with Crippen LogP contribution in [0.3, 0.4) is 0 Å². The number of hydrogen-bond donors (Lipinski definition) is 1. The van der Waals surface area contributed by atoms with Crippen molar-refractivity contribution in [2.24, 2.45) is 17.8 Å². The number of hydrogen-bond acceptors (Lipinski definition) is 3. The number of aryl methyl sites for hydroxylation is 1. The maximum absolute atomic E-state index is 13.2. The smallest absolute Gasteiger partial charge is 0.243 e. The van der Waals surface area contributed by atoms with E-state index in [4.69, 9.17) is 0 Å². The first-order chi connectivity index (χ1) is 13.8. The maximum Gasteiger partial charge on any atom is 0.243 e. The number of allylic oxidation sites excluding steroid dienone is 2. The number of carbonyl (C=O) groups excluding carboxylic acids is 3. The fourth-order valence-corrected chi connectivity index (χ4v) is 4.34. The molecule has 29 heavy (non-hydrogen) atoms. The molecule has 3 rings (SSSR count). The van der Waals surface area contributed by atoms with Gasteiger partial charge < -0.3 is 5.32 Å². The highest BCUT2D eigenvalue weighted by Crippen LogP contribution is 2.37. The lowest BCUT2D eigenvalue weighted by molar-refractivity contribution is -0.148. The zero-order chi connectivity index (χ0) is 21.1. The molecule has 0 aromatic heterocycles. The van der Waals surface area contributed by atoms with Crippen LogP contribution in [0.25, 0.3) is 0 Å². The molecule has 0 bridgehead atoms. The first kappa shape index (κ1) is 21.3. The summed E-state index contributed by atoms with van der Waals surface area (Å²) in [6, 6.07) is 7.22. The van der Waals surface area contributed by atoms with E-state index >= 15 is 0 Å². The third-order valence-corrected chi connectivity index (χ3v) is 6.10. The molecule has 1 fully saturated rings. The van der Waals surface area contributed by atoms with Gasteiger partial charge in [-0.05, 0) is 49.7 Å². The average Bonchev–Trinajstić information content (AvgIpc) is 2.96. The quantitative estimate of drug-likeness (QED) is 0.563. The molecule has 4 unspecified atom stereocenters. The number of nitrogens with zero attached hydrogens (tertiary/aromatic N) is 1. The van der Waals surface area contributed by atoms with Gasteiger partial charge in [0.05, 0.1) is 17.9 Å². The standard InChI is InChI=1S/C24H32N2O3/c1-5-17-10-12-18(13-11-17)16(4)25-22(27)21(14-15(2)3)26-23(28)19-8-6-7-9-20(19)24(26)29/h6-7,10-13,15-16,19-21H,5,8-9,14H2,1-4H3,(H,25,27). The summed E-state index contributed by atoms with van der Waals surface area (Å²) in [4.78, 5) is 40.5. The Kier molecular flexibility index (Phi) is 6.56. The third-order valence-electron chi connectivity index (χ3n) is 6.10. The molecule has 5 nitrogen and oxygen atoms in total. The minimum atomic E-state index is -0.752. The Hall–Kier alpha value is -2.43. The van der Waals surface area contributed by atoms with Crippen molar-refractivity contribution < 1.29 is 14.4 Å². The molecule has 0 spiro atoms. The molecule has 1 aromatic carbocycles. The highest BCUT2D eigenvalue weighted by atomic mass is 16.2. The highest BCUT2D eigenvalue weighted by molar-refractivity contribution is 6.08. The molecule has 1 N–H and O–H groups in total. The number of amides is 3. The van der Waals surface area contributed by atoms with Gasteiger partial charge in [-0.25, -0.2) is 0 Å². The van der Waals surface area contributed by atoms with Crippen LogP contribution >= 0.6 is 0 Å². The van der Waals surface area contributed by atoms with Crippen molar-refractivity contribution in [1.82, 2.24) is 10.2 Å². The first-order valence-electron chi connectivity index (χ1n) is 10.7. The van der Waals surface area contributed by atoms with E-state index in [1.807, 2.05) is 45.1 Å². The Bertz CT molecular complexity index is 771. The fraction of sp³-hybridized carbons (Fsp3) is 0.542. The van der Waals surface area contributed by atoms with Gasteiger partial charge in [-0.3, -0.25) is 19.3 Å². The molecular weight excluding hydrogens is 364 g/mol. The van der Waals surface area contributed by atoms with Crippen LogP contribution in [-0.2, 0) is 20.8 Å². The van der Waals surface area contributed by atoms with Crippen LogP contribution in [-0.4, -0.2) is 28.7 Å². The Morgan fingerprint density at radius 1 is 1.03 bits per heavy atom. The van der Waals surface area contributed by atoms with Gasteiger partial charge in [0, 0.05) is 0 Å². The number of benzene rings is 1. The van der Waals surface area contributed by atoms with Gasteiger partial charge in [-0.15, -0.1) is 0 Å². The Morgan fingerprint density at radius 3 is 2.07 bits per heavy atom. The largest absolute Gasteiger partial charge is 0.348 e. The first-order valence-corrected chi connectivity index (χ1v) is 10.7. The number of likely N-dealkylation sites (tertiary alicyclic amines) is 1. The number of nitrogens with one attached hydrogen (secondary N) is 1. The summed E-state index contributed by atoms with van der Waals surface area (Å²) in [5.41, 5.74) is 2.25. The van der Waals surface area contributed by atoms with E-state index in [0.717, 1.165) is 12.0 Å². The maximum atomic E-state index is 13.2. The molecule has 1 saturated heterocycles. The Morgan fingerprint density at radius 2 is 1.59 bits per heavy atom. The van der Waals surface area contributed by atoms with E-state index in [0.29, 0.717) is 19.3 Å². The van der Waals surface area contributed by atoms with Crippen LogP contribution in [0.5, 0.6) is 0 Å². The summed E-state index contributed by atoms with van der Waals surface area (Å²) in [7, 11) is 0. The summed E-state index contributed by atoms with van der Waals surface area (Å²) in [5.74, 6) is -1.07. The van der Waals surface area contributed by atoms with Crippen molar-refractivity contribution in [3.05, 3.63) is 47.5 Å². The number of fused-ring (bicyclic) bond motifs is 1. The van der Waals surface area contributed by atoms with Crippen molar-refractivity contribution in [1.29, 1.82) is 0 Å². The summed E-state index contributed by atoms with van der Waals surface area (Å²) in [6.45, 7) is 8.05. The van der Waals surface area contributed by atoms with Gasteiger partial charge in [0.1, 0.15) is 6.04 Å². The van der Waals surface area contributed by atoms with Crippen molar-refractivity contribution in [2.45, 2.75) is 65.5 Å². The van der Waals surface area contributed by atoms with Crippen LogP contribution < -0.4 is 5.32 Å². The molecule has 4 atom stereocenters. The molecule has 1 heterocycles. The molecule has 3 amide bonds. The SMILES string of the molecule is CCc1ccc(C(C)NC(=O)C(CC(C)C)N2C(=O)C3CC=CCC3C2=O)cc1. The third kappa shape index (κ3) is 4.44. The van der Waals surface area contributed by atoms with Crippen LogP contribution in [0.2, 0.25) is 0 Å². The molecule has 1 aliphatic heterocycles. The van der Waals surface area contributed by atoms with Gasteiger partial charge in [-0.2, -0.15) is 0 Å². The van der Waals surface area contributed by atoms with Gasteiger partial charge in [0.15, 0.2) is 0 Å². The van der Waals surface area contributed by atoms with Gasteiger partial charge in [0.2, 0.25) is 17.7 Å². The van der Waals surface area contributed by atoms with E-state index in [1.165, 1.54) is 10.5 Å². The van der Waals surface area contributed by atoms with Gasteiger partial charge >= 0.3 is 0 Å². The van der Waals surface area contributed by atoms with E-state index in [-0.39, 0.29) is 41.5 Å². The summed E-state index contributed by atoms with van der Waals surface area (Å²) < 4.78 is 0. The van der Waals surface area contributed by atoms with Gasteiger partial charge in [0.25, 0.3) is 0 Å². The van der Waals surface area contributed by atoms with Crippen molar-refractivity contribution in [3.8, 4) is 0 Å². The molecule has 156 valence electrons. The Balaban J connectivity index is 1.78. The minimum absolute atomic E-state index is 0.186. The molecule has 0 radical (unpaired) electrons. The van der Waals surface area contributed by atoms with E-state index in [2.05, 4.69) is 24.4 Å². The minimum Gasteiger partial charge on any atom is -0.348 e. The van der Waals surface area contributed by atoms with E-state index in [1.54, 1.807) is 0 Å². The van der Waals surface area contributed by atoms with Crippen LogP contribution in [0.15, 0.2) is 36.4 Å². The lowest BCUT2D eigenvalue weighted by Crippen LogP contribution is -2.51. The number of rotatable bonds is 7. The predicted molar refractivity (Wildman–Crippen MR) is 113 cm³/mol. The van der Waals surface area contributed by atoms with Crippen molar-refractivity contribution in [3.63, 3.8) is 0 Å². The molecule has 1 aliphatic carbocycles. The zero-order valence-corrected chi connectivity index (χ0v) is 17.9. The summed E-state index contributed by atoms with van der Waals surface area (Å²) in [6.07, 6.45) is 6.54. The topological polar surface area (TPSA) is 66.5 Å². The predicted octanol–water partition coefficient (Wildman–Crippen LogP) is 3.79. The van der Waals surface area contributed by atoms with Crippen LogP contribution in [0, 0.1) is 17.8 Å². The molecule has 5 heteroatoms. The highest BCUT2D eigenvalue weighted by Gasteiger charge is 2.51. The second-order valence-corrected chi connectivity index (χ2v) is 8.67. The van der Waals surface area contributed by atoms with Crippen LogP contribution in [0.4, 0.5) is 0 Å². The summed E-state index contributed by atoms with van der Waals surface area (Å²) in [5, 5.41) is 3.04. The average molecular weight is 397 g/mol. The fourth-order valence-electron chi connectivity index (χ4n) is 4.34. The number of imide groups is 1. The monoisotopic (exact) mass is 396 g/mol. The number of carbonyl (C=O) groups is 3. The normalized spacial score (nSPS) is 23.3. The van der Waals surface area contributed by atoms with Crippen molar-refractivity contribution in [2.75, 3.05) is 0 Å². The molecule has 2 aliphatic rings. The molecule has 1 aromatic rings. The lowest BCUT2D eigenvalue weighted by atomic mass is 9.85. The molecular formula is C24H32N2O3. The van der Waals surface area contributed by atoms with Crippen LogP contribution in [0.1, 0.15) is 64.1 Å². The molecule has 0 saturated carbocycles. The Labute approximate surface area is 173 Å².